The Morgan fingerprint density at radius 1 is 1.15 bits per heavy atom. The van der Waals surface area contributed by atoms with Gasteiger partial charge in [-0.05, 0) is 29.8 Å². The van der Waals surface area contributed by atoms with Crippen molar-refractivity contribution in [3.63, 3.8) is 0 Å². The Hall–Kier alpha value is -3.30. The Kier molecular flexibility index (Phi) is 5.43. The number of ether oxygens (including phenoxy) is 3. The minimum atomic E-state index is -3.22. The Morgan fingerprint density at radius 3 is 2.63 bits per heavy atom. The molecule has 2 heterocycles. The van der Waals surface area contributed by atoms with E-state index < -0.39 is 30.6 Å². The highest BCUT2D eigenvalue weighted by Gasteiger charge is 2.24. The number of halogens is 4. The summed E-state index contributed by atoms with van der Waals surface area (Å²) < 4.78 is 63.3. The van der Waals surface area contributed by atoms with Crippen LogP contribution in [0.25, 0.3) is 6.08 Å². The number of alkyl halides is 4. The van der Waals surface area contributed by atoms with Gasteiger partial charge in [0.2, 0.25) is 0 Å². The van der Waals surface area contributed by atoms with E-state index in [2.05, 4.69) is 14.5 Å². The number of anilines is 1. The Labute approximate surface area is 150 Å². The Morgan fingerprint density at radius 2 is 1.89 bits per heavy atom. The number of hydrogen-bond donors (Lipinski definition) is 0. The van der Waals surface area contributed by atoms with E-state index in [1.54, 1.807) is 6.07 Å². The first-order chi connectivity index (χ1) is 12.9. The van der Waals surface area contributed by atoms with Gasteiger partial charge >= 0.3 is 13.2 Å². The lowest BCUT2D eigenvalue weighted by molar-refractivity contribution is -0.114. The topological polar surface area (TPSA) is 60.9 Å². The maximum Gasteiger partial charge on any atom is 0.387 e. The van der Waals surface area contributed by atoms with Crippen LogP contribution in [0.3, 0.4) is 0 Å². The number of benzene rings is 1. The number of fused-ring (bicyclic) bond motifs is 1. The van der Waals surface area contributed by atoms with Crippen molar-refractivity contribution in [3.05, 3.63) is 48.3 Å². The SMILES string of the molecule is O=C(/C=C/c1ccc(OC(F)F)c(OC(F)F)c1)N1COc2cnccc21. The van der Waals surface area contributed by atoms with Gasteiger partial charge in [-0.25, -0.2) is 0 Å². The van der Waals surface area contributed by atoms with Gasteiger partial charge in [-0.2, -0.15) is 17.6 Å². The largest absolute Gasteiger partial charge is 0.469 e. The molecule has 1 aromatic carbocycles. The lowest BCUT2D eigenvalue weighted by Crippen LogP contribution is -2.28. The molecule has 0 bridgehead atoms. The second-order valence-electron chi connectivity index (χ2n) is 5.18. The number of hydrogen-bond acceptors (Lipinski definition) is 5. The lowest BCUT2D eigenvalue weighted by Gasteiger charge is -2.13. The van der Waals surface area contributed by atoms with Crippen molar-refractivity contribution in [2.45, 2.75) is 13.2 Å². The molecule has 0 saturated heterocycles. The van der Waals surface area contributed by atoms with Crippen molar-refractivity contribution in [2.75, 3.05) is 11.6 Å². The van der Waals surface area contributed by atoms with Crippen LogP contribution in [-0.2, 0) is 4.79 Å². The number of rotatable bonds is 6. The van der Waals surface area contributed by atoms with E-state index in [1.165, 1.54) is 35.5 Å². The van der Waals surface area contributed by atoms with Crippen LogP contribution in [0.15, 0.2) is 42.7 Å². The predicted molar refractivity (Wildman–Crippen MR) is 86.0 cm³/mol. The minimum Gasteiger partial charge on any atom is -0.469 e. The summed E-state index contributed by atoms with van der Waals surface area (Å²) in [4.78, 5) is 17.5. The molecule has 1 amide bonds. The van der Waals surface area contributed by atoms with E-state index in [1.807, 2.05) is 0 Å². The van der Waals surface area contributed by atoms with Crippen molar-refractivity contribution in [1.82, 2.24) is 4.98 Å². The van der Waals surface area contributed by atoms with Crippen LogP contribution in [0.1, 0.15) is 5.56 Å². The number of pyridine rings is 1. The molecule has 2 aromatic rings. The molecule has 0 N–H and O–H groups in total. The van der Waals surface area contributed by atoms with Crippen molar-refractivity contribution >= 4 is 17.7 Å². The molecule has 0 saturated carbocycles. The maximum atomic E-state index is 12.5. The first-order valence-electron chi connectivity index (χ1n) is 7.54. The van der Waals surface area contributed by atoms with E-state index in [0.29, 0.717) is 11.4 Å². The number of nitrogens with zero attached hydrogens (tertiary/aromatic N) is 2. The third-order valence-electron chi connectivity index (χ3n) is 3.49. The molecular weight excluding hydrogens is 372 g/mol. The van der Waals surface area contributed by atoms with Crippen LogP contribution in [0.4, 0.5) is 23.2 Å². The summed E-state index contributed by atoms with van der Waals surface area (Å²) >= 11 is 0. The summed E-state index contributed by atoms with van der Waals surface area (Å²) in [5.74, 6) is -1.08. The highest BCUT2D eigenvalue weighted by Crippen LogP contribution is 2.33. The molecule has 0 unspecified atom stereocenters. The fraction of sp³-hybridized carbons (Fsp3) is 0.176. The van der Waals surface area contributed by atoms with Crippen LogP contribution < -0.4 is 19.1 Å². The van der Waals surface area contributed by atoms with Crippen molar-refractivity contribution in [2.24, 2.45) is 0 Å². The molecule has 10 heteroatoms. The molecule has 1 aromatic heterocycles. The van der Waals surface area contributed by atoms with Gasteiger partial charge in [0.25, 0.3) is 5.91 Å². The second-order valence-corrected chi connectivity index (χ2v) is 5.18. The summed E-state index contributed by atoms with van der Waals surface area (Å²) in [7, 11) is 0. The zero-order chi connectivity index (χ0) is 19.4. The Bertz CT molecular complexity index is 861. The summed E-state index contributed by atoms with van der Waals surface area (Å²) in [5, 5.41) is 0. The molecule has 6 nitrogen and oxygen atoms in total. The van der Waals surface area contributed by atoms with Gasteiger partial charge in [-0.15, -0.1) is 0 Å². The number of aromatic nitrogens is 1. The molecule has 1 aliphatic rings. The van der Waals surface area contributed by atoms with Crippen LogP contribution in [0, 0.1) is 0 Å². The van der Waals surface area contributed by atoms with E-state index >= 15 is 0 Å². The van der Waals surface area contributed by atoms with E-state index in [0.717, 1.165) is 12.1 Å². The monoisotopic (exact) mass is 384 g/mol. The molecule has 27 heavy (non-hydrogen) atoms. The van der Waals surface area contributed by atoms with Gasteiger partial charge in [0.05, 0.1) is 11.9 Å². The first-order valence-corrected chi connectivity index (χ1v) is 7.54. The fourth-order valence-electron chi connectivity index (χ4n) is 2.36. The molecule has 0 atom stereocenters. The molecular formula is C17H12F4N2O4. The molecule has 0 spiro atoms. The van der Waals surface area contributed by atoms with Crippen molar-refractivity contribution in [3.8, 4) is 17.2 Å². The van der Waals surface area contributed by atoms with Crippen molar-refractivity contribution < 1.29 is 36.6 Å². The van der Waals surface area contributed by atoms with Crippen LogP contribution in [0.2, 0.25) is 0 Å². The quantitative estimate of drug-likeness (QED) is 0.562. The predicted octanol–water partition coefficient (Wildman–Crippen LogP) is 3.68. The maximum absolute atomic E-state index is 12.5. The van der Waals surface area contributed by atoms with E-state index in [4.69, 9.17) is 4.74 Å². The molecule has 142 valence electrons. The fourth-order valence-corrected chi connectivity index (χ4v) is 2.36. The van der Waals surface area contributed by atoms with Crippen LogP contribution >= 0.6 is 0 Å². The minimum absolute atomic E-state index is 0.00507. The summed E-state index contributed by atoms with van der Waals surface area (Å²) in [6.45, 7) is -6.42. The average Bonchev–Trinajstić information content (AvgIpc) is 3.05. The molecule has 0 fully saturated rings. The highest BCUT2D eigenvalue weighted by molar-refractivity contribution is 6.05. The molecule has 3 rings (SSSR count). The summed E-state index contributed by atoms with van der Waals surface area (Å²) in [6, 6.07) is 5.04. The van der Waals surface area contributed by atoms with Gasteiger partial charge in [0.15, 0.2) is 24.0 Å². The smallest absolute Gasteiger partial charge is 0.387 e. The second kappa shape index (κ2) is 7.94. The molecule has 1 aliphatic heterocycles. The third-order valence-corrected chi connectivity index (χ3v) is 3.49. The van der Waals surface area contributed by atoms with E-state index in [9.17, 15) is 22.4 Å². The normalized spacial score (nSPS) is 13.2. The summed E-state index contributed by atoms with van der Waals surface area (Å²) in [6.07, 6.45) is 5.50. The highest BCUT2D eigenvalue weighted by atomic mass is 19.3. The van der Waals surface area contributed by atoms with Crippen LogP contribution in [0.5, 0.6) is 17.2 Å². The van der Waals surface area contributed by atoms with Gasteiger partial charge in [0, 0.05) is 12.3 Å². The zero-order valence-electron chi connectivity index (χ0n) is 13.5. The van der Waals surface area contributed by atoms with Gasteiger partial charge < -0.3 is 14.2 Å². The third kappa shape index (κ3) is 4.46. The van der Waals surface area contributed by atoms with Gasteiger partial charge in [-0.1, -0.05) is 6.07 Å². The first kappa shape index (κ1) is 18.5. The Balaban J connectivity index is 1.77. The molecule has 0 aliphatic carbocycles. The van der Waals surface area contributed by atoms with Crippen molar-refractivity contribution in [1.29, 1.82) is 0 Å². The van der Waals surface area contributed by atoms with Crippen LogP contribution in [-0.4, -0.2) is 30.8 Å². The number of carbonyl (C=O) groups is 1. The lowest BCUT2D eigenvalue weighted by atomic mass is 10.2. The van der Waals surface area contributed by atoms with E-state index in [-0.39, 0.29) is 12.3 Å². The zero-order valence-corrected chi connectivity index (χ0v) is 13.5. The molecule has 0 radical (unpaired) electrons. The summed E-state index contributed by atoms with van der Waals surface area (Å²) in [5.41, 5.74) is 0.817. The number of carbonyl (C=O) groups excluding carboxylic acids is 1. The average molecular weight is 384 g/mol. The van der Waals surface area contributed by atoms with Gasteiger partial charge in [-0.3, -0.25) is 14.7 Å². The van der Waals surface area contributed by atoms with Gasteiger partial charge in [0.1, 0.15) is 0 Å². The number of amides is 1. The standard InChI is InChI=1S/C17H12F4N2O4/c18-16(19)26-12-3-1-10(7-13(12)27-17(20)21)2-4-15(24)23-9-25-14-8-22-6-5-11(14)23/h1-8,16-17H,9H2/b4-2+.